The molecule has 0 saturated carbocycles. The number of amides is 3. The molecule has 2 fully saturated rings. The number of hydrogen-bond donors (Lipinski definition) is 2. The quantitative estimate of drug-likeness (QED) is 0.831. The van der Waals surface area contributed by atoms with Gasteiger partial charge in [0.25, 0.3) is 5.91 Å². The van der Waals surface area contributed by atoms with E-state index in [9.17, 15) is 9.59 Å². The van der Waals surface area contributed by atoms with Gasteiger partial charge in [0.1, 0.15) is 5.82 Å². The Morgan fingerprint density at radius 1 is 1.21 bits per heavy atom. The van der Waals surface area contributed by atoms with Crippen molar-refractivity contribution in [1.82, 2.24) is 10.3 Å². The Hall–Kier alpha value is -3.13. The third-order valence-corrected chi connectivity index (χ3v) is 5.03. The lowest BCUT2D eigenvalue weighted by Crippen LogP contribution is -2.45. The third-order valence-electron chi connectivity index (χ3n) is 5.03. The number of morpholine rings is 1. The number of carbonyl (C=O) groups is 2. The van der Waals surface area contributed by atoms with E-state index in [0.717, 1.165) is 24.6 Å². The van der Waals surface area contributed by atoms with Gasteiger partial charge in [-0.1, -0.05) is 6.07 Å². The highest BCUT2D eigenvalue weighted by Gasteiger charge is 2.24. The second-order valence-corrected chi connectivity index (χ2v) is 7.46. The molecule has 2 aliphatic heterocycles. The minimum Gasteiger partial charge on any atom is -0.372 e. The van der Waals surface area contributed by atoms with Crippen molar-refractivity contribution in [2.45, 2.75) is 26.1 Å². The van der Waals surface area contributed by atoms with Gasteiger partial charge in [0.2, 0.25) is 0 Å². The van der Waals surface area contributed by atoms with Gasteiger partial charge in [-0.2, -0.15) is 0 Å². The van der Waals surface area contributed by atoms with Crippen LogP contribution in [0.3, 0.4) is 0 Å². The molecule has 0 radical (unpaired) electrons. The maximum Gasteiger partial charge on any atom is 0.321 e. The number of nitrogens with zero attached hydrogens (tertiary/aromatic N) is 3. The summed E-state index contributed by atoms with van der Waals surface area (Å²) in [6.45, 7) is 6.88. The Morgan fingerprint density at radius 2 is 2.00 bits per heavy atom. The molecule has 3 heterocycles. The topological polar surface area (TPSA) is 86.8 Å². The highest BCUT2D eigenvalue weighted by atomic mass is 16.5. The fourth-order valence-electron chi connectivity index (χ4n) is 3.75. The van der Waals surface area contributed by atoms with Crippen molar-refractivity contribution in [3.8, 4) is 0 Å². The third kappa shape index (κ3) is 4.32. The van der Waals surface area contributed by atoms with E-state index in [0.29, 0.717) is 24.3 Å². The first-order valence-electron chi connectivity index (χ1n) is 9.83. The molecule has 2 atom stereocenters. The summed E-state index contributed by atoms with van der Waals surface area (Å²) in [7, 11) is 0. The zero-order valence-electron chi connectivity index (χ0n) is 16.6. The lowest BCUT2D eigenvalue weighted by Gasteiger charge is -2.36. The minimum absolute atomic E-state index is 0.125. The molecule has 0 aliphatic carbocycles. The largest absolute Gasteiger partial charge is 0.372 e. The van der Waals surface area contributed by atoms with E-state index >= 15 is 0 Å². The molecule has 2 saturated heterocycles. The van der Waals surface area contributed by atoms with Crippen molar-refractivity contribution >= 4 is 29.1 Å². The second-order valence-electron chi connectivity index (χ2n) is 7.46. The molecule has 1 aromatic carbocycles. The first-order chi connectivity index (χ1) is 14.0. The molecular formula is C21H25N5O3. The average Bonchev–Trinajstić information content (AvgIpc) is 3.13. The molecule has 2 aliphatic rings. The fourth-order valence-corrected chi connectivity index (χ4v) is 3.75. The van der Waals surface area contributed by atoms with Crippen LogP contribution in [0.2, 0.25) is 0 Å². The molecule has 29 heavy (non-hydrogen) atoms. The molecule has 3 amide bonds. The van der Waals surface area contributed by atoms with E-state index in [1.165, 1.54) is 0 Å². The zero-order valence-corrected chi connectivity index (χ0v) is 16.6. The highest BCUT2D eigenvalue weighted by Crippen LogP contribution is 2.22. The van der Waals surface area contributed by atoms with Crippen LogP contribution < -0.4 is 20.4 Å². The maximum atomic E-state index is 12.6. The van der Waals surface area contributed by atoms with Gasteiger partial charge in [0.15, 0.2) is 0 Å². The number of benzene rings is 1. The number of hydrogen-bond acceptors (Lipinski definition) is 5. The van der Waals surface area contributed by atoms with Gasteiger partial charge in [0.05, 0.1) is 17.8 Å². The Morgan fingerprint density at radius 3 is 2.66 bits per heavy atom. The highest BCUT2D eigenvalue weighted by molar-refractivity contribution is 6.04. The lowest BCUT2D eigenvalue weighted by molar-refractivity contribution is -0.00546. The average molecular weight is 395 g/mol. The van der Waals surface area contributed by atoms with Gasteiger partial charge in [-0.25, -0.2) is 9.78 Å². The smallest absolute Gasteiger partial charge is 0.321 e. The van der Waals surface area contributed by atoms with Crippen LogP contribution >= 0.6 is 0 Å². The van der Waals surface area contributed by atoms with Crippen LogP contribution in [0, 0.1) is 0 Å². The fraction of sp³-hybridized carbons (Fsp3) is 0.381. The standard InChI is InChI=1S/C21H25N5O3/c1-14-12-25(13-15(2)29-14)19-7-6-16(11-23-19)20(27)24-17-4-3-5-18(10-17)26-9-8-22-21(26)28/h3-7,10-11,14-15H,8-9,12-13H2,1-2H3,(H,22,28)(H,24,27). The molecule has 152 valence electrons. The number of rotatable bonds is 4. The van der Waals surface area contributed by atoms with Crippen LogP contribution in [0.5, 0.6) is 0 Å². The molecule has 4 rings (SSSR count). The number of urea groups is 1. The van der Waals surface area contributed by atoms with Crippen LogP contribution in [-0.2, 0) is 4.74 Å². The number of anilines is 3. The van der Waals surface area contributed by atoms with Gasteiger partial charge < -0.3 is 20.3 Å². The van der Waals surface area contributed by atoms with E-state index in [-0.39, 0.29) is 24.1 Å². The van der Waals surface area contributed by atoms with E-state index in [4.69, 9.17) is 4.74 Å². The Kier molecular flexibility index (Phi) is 5.35. The number of carbonyl (C=O) groups excluding carboxylic acids is 2. The molecule has 0 spiro atoms. The van der Waals surface area contributed by atoms with Crippen LogP contribution in [0.1, 0.15) is 24.2 Å². The van der Waals surface area contributed by atoms with Crippen molar-refractivity contribution in [1.29, 1.82) is 0 Å². The summed E-state index contributed by atoms with van der Waals surface area (Å²) in [4.78, 5) is 32.8. The SMILES string of the molecule is CC1CN(c2ccc(C(=O)Nc3cccc(N4CCNC4=O)c3)cn2)CC(C)O1. The number of ether oxygens (including phenoxy) is 1. The van der Waals surface area contributed by atoms with Gasteiger partial charge >= 0.3 is 6.03 Å². The van der Waals surface area contributed by atoms with Crippen LogP contribution in [0.15, 0.2) is 42.6 Å². The molecule has 1 aromatic heterocycles. The summed E-state index contributed by atoms with van der Waals surface area (Å²) in [6, 6.07) is 10.8. The van der Waals surface area contributed by atoms with Crippen molar-refractivity contribution in [2.24, 2.45) is 0 Å². The van der Waals surface area contributed by atoms with Gasteiger partial charge in [-0.05, 0) is 44.2 Å². The van der Waals surface area contributed by atoms with Gasteiger partial charge in [-0.15, -0.1) is 0 Å². The summed E-state index contributed by atoms with van der Waals surface area (Å²) >= 11 is 0. The number of aromatic nitrogens is 1. The van der Waals surface area contributed by atoms with Crippen LogP contribution in [-0.4, -0.2) is 55.3 Å². The van der Waals surface area contributed by atoms with Crippen LogP contribution in [0.4, 0.5) is 22.0 Å². The molecule has 2 aromatic rings. The summed E-state index contributed by atoms with van der Waals surface area (Å²) in [6.07, 6.45) is 1.88. The van der Waals surface area contributed by atoms with E-state index in [2.05, 4.69) is 20.5 Å². The van der Waals surface area contributed by atoms with Crippen molar-refractivity contribution < 1.29 is 14.3 Å². The predicted octanol–water partition coefficient (Wildman–Crippen LogP) is 2.48. The number of nitrogens with one attached hydrogen (secondary N) is 2. The maximum absolute atomic E-state index is 12.6. The lowest BCUT2D eigenvalue weighted by atomic mass is 10.2. The molecule has 2 N–H and O–H groups in total. The summed E-state index contributed by atoms with van der Waals surface area (Å²) < 4.78 is 5.76. The predicted molar refractivity (Wildman–Crippen MR) is 112 cm³/mol. The monoisotopic (exact) mass is 395 g/mol. The first kappa shape index (κ1) is 19.2. The van der Waals surface area contributed by atoms with E-state index < -0.39 is 0 Å². The van der Waals surface area contributed by atoms with E-state index in [1.807, 2.05) is 32.0 Å². The molecule has 8 nitrogen and oxygen atoms in total. The van der Waals surface area contributed by atoms with Crippen molar-refractivity contribution in [2.75, 3.05) is 41.3 Å². The second kappa shape index (κ2) is 8.08. The molecule has 0 bridgehead atoms. The normalized spacial score (nSPS) is 21.8. The minimum atomic E-state index is -0.240. The summed E-state index contributed by atoms with van der Waals surface area (Å²) in [5.41, 5.74) is 1.86. The zero-order chi connectivity index (χ0) is 20.4. The van der Waals surface area contributed by atoms with Crippen molar-refractivity contribution in [3.63, 3.8) is 0 Å². The molecule has 8 heteroatoms. The Balaban J connectivity index is 1.43. The van der Waals surface area contributed by atoms with Gasteiger partial charge in [-0.3, -0.25) is 9.69 Å². The van der Waals surface area contributed by atoms with Gasteiger partial charge in [0, 0.05) is 43.8 Å². The Labute approximate surface area is 169 Å². The number of pyridine rings is 1. The summed E-state index contributed by atoms with van der Waals surface area (Å²) in [5, 5.41) is 5.65. The summed E-state index contributed by atoms with van der Waals surface area (Å²) in [5.74, 6) is 0.599. The first-order valence-corrected chi connectivity index (χ1v) is 9.83. The van der Waals surface area contributed by atoms with E-state index in [1.54, 1.807) is 29.3 Å². The molecule has 2 unspecified atom stereocenters. The van der Waals surface area contributed by atoms with Crippen molar-refractivity contribution in [3.05, 3.63) is 48.2 Å². The van der Waals surface area contributed by atoms with Crippen LogP contribution in [0.25, 0.3) is 0 Å². The Bertz CT molecular complexity index is 891. The molecular weight excluding hydrogens is 370 g/mol.